The Morgan fingerprint density at radius 1 is 0.975 bits per heavy atom. The molecule has 5 atom stereocenters. The predicted octanol–water partition coefficient (Wildman–Crippen LogP) is 0.914. The van der Waals surface area contributed by atoms with Crippen molar-refractivity contribution >= 4 is 29.0 Å². The molecule has 0 unspecified atom stereocenters. The summed E-state index contributed by atoms with van der Waals surface area (Å²) in [7, 11) is 0. The molecule has 4 aromatic rings. The fourth-order valence-electron chi connectivity index (χ4n) is 4.41. The van der Waals surface area contributed by atoms with E-state index in [4.69, 9.17) is 9.47 Å². The van der Waals surface area contributed by atoms with Crippen molar-refractivity contribution < 1.29 is 34.4 Å². The van der Waals surface area contributed by atoms with Crippen LogP contribution in [0.2, 0.25) is 0 Å². The van der Waals surface area contributed by atoms with Crippen molar-refractivity contribution in [1.29, 1.82) is 0 Å². The largest absolute Gasteiger partial charge is 0.445 e. The minimum Gasteiger partial charge on any atom is -0.445 e. The number of aromatic nitrogens is 4. The minimum absolute atomic E-state index is 0.0389. The molecule has 0 spiro atoms. The van der Waals surface area contributed by atoms with E-state index in [0.29, 0.717) is 0 Å². The standard InChI is InChI=1S/C27H28N6O7/c34-12-19-21(35)22(36)26(40-19)33-15-30-20-23(28-14-29-24(20)33)32-25(37)18(11-16-7-3-1-4-8-16)31-27(38)39-13-17-9-5-2-6-10-17/h1-10,14-15,18-19,21-22,26,34-36H,11-13H2,(H,31,38)(H,28,29,32,37)/t18-,19+,21-,22-,26-/m1/s1. The summed E-state index contributed by atoms with van der Waals surface area (Å²) in [5.41, 5.74) is 2.02. The molecule has 2 aromatic carbocycles. The van der Waals surface area contributed by atoms with Gasteiger partial charge in [0.15, 0.2) is 23.2 Å². The third kappa shape index (κ3) is 5.92. The van der Waals surface area contributed by atoms with Gasteiger partial charge in [-0.15, -0.1) is 0 Å². The fraction of sp³-hybridized carbons (Fsp3) is 0.296. The number of rotatable bonds is 9. The minimum atomic E-state index is -1.34. The molecule has 5 N–H and O–H groups in total. The zero-order chi connectivity index (χ0) is 28.1. The van der Waals surface area contributed by atoms with Gasteiger partial charge in [-0.25, -0.2) is 19.7 Å². The highest BCUT2D eigenvalue weighted by molar-refractivity contribution is 6.00. The van der Waals surface area contributed by atoms with E-state index in [1.807, 2.05) is 60.7 Å². The Morgan fingerprint density at radius 3 is 2.35 bits per heavy atom. The number of hydrogen-bond donors (Lipinski definition) is 5. The van der Waals surface area contributed by atoms with Crippen molar-refractivity contribution in [2.45, 2.75) is 43.6 Å². The highest BCUT2D eigenvalue weighted by Crippen LogP contribution is 2.32. The number of alkyl carbamates (subject to hydrolysis) is 1. The molecule has 0 aliphatic carbocycles. The molecule has 1 fully saturated rings. The van der Waals surface area contributed by atoms with Crippen molar-refractivity contribution in [3.63, 3.8) is 0 Å². The normalized spacial score (nSPS) is 21.2. The Hall–Kier alpha value is -4.43. The number of ether oxygens (including phenoxy) is 2. The van der Waals surface area contributed by atoms with Gasteiger partial charge in [-0.05, 0) is 11.1 Å². The highest BCUT2D eigenvalue weighted by Gasteiger charge is 2.44. The van der Waals surface area contributed by atoms with Crippen LogP contribution in [0.5, 0.6) is 0 Å². The lowest BCUT2D eigenvalue weighted by atomic mass is 10.1. The van der Waals surface area contributed by atoms with Crippen molar-refractivity contribution in [2.24, 2.45) is 0 Å². The van der Waals surface area contributed by atoms with Crippen LogP contribution < -0.4 is 10.6 Å². The lowest BCUT2D eigenvalue weighted by molar-refractivity contribution is -0.118. The number of carbonyl (C=O) groups is 2. The van der Waals surface area contributed by atoms with Gasteiger partial charge < -0.3 is 35.4 Å². The second kappa shape index (κ2) is 12.2. The van der Waals surface area contributed by atoms with E-state index in [0.717, 1.165) is 11.1 Å². The van der Waals surface area contributed by atoms with Crippen molar-refractivity contribution in [1.82, 2.24) is 24.8 Å². The number of amides is 2. The summed E-state index contributed by atoms with van der Waals surface area (Å²) in [6, 6.07) is 17.3. The molecular formula is C27H28N6O7. The Balaban J connectivity index is 1.34. The third-order valence-corrected chi connectivity index (χ3v) is 6.50. The maximum absolute atomic E-state index is 13.4. The van der Waals surface area contributed by atoms with Crippen LogP contribution in [0, 0.1) is 0 Å². The Morgan fingerprint density at radius 2 is 1.68 bits per heavy atom. The topological polar surface area (TPSA) is 181 Å². The maximum Gasteiger partial charge on any atom is 0.408 e. The smallest absolute Gasteiger partial charge is 0.408 e. The quantitative estimate of drug-likeness (QED) is 0.202. The molecule has 208 valence electrons. The van der Waals surface area contributed by atoms with Gasteiger partial charge in [0.1, 0.15) is 37.3 Å². The van der Waals surface area contributed by atoms with Crippen LogP contribution in [0.4, 0.5) is 10.6 Å². The molecule has 40 heavy (non-hydrogen) atoms. The Kier molecular flexibility index (Phi) is 8.26. The first-order valence-electron chi connectivity index (χ1n) is 12.6. The van der Waals surface area contributed by atoms with Crippen LogP contribution in [-0.4, -0.2) is 77.8 Å². The molecule has 0 saturated carbocycles. The van der Waals surface area contributed by atoms with E-state index in [2.05, 4.69) is 25.6 Å². The highest BCUT2D eigenvalue weighted by atomic mass is 16.6. The van der Waals surface area contributed by atoms with Gasteiger partial charge in [-0.2, -0.15) is 0 Å². The average Bonchev–Trinajstić information content (AvgIpc) is 3.53. The van der Waals surface area contributed by atoms with Crippen LogP contribution in [0.1, 0.15) is 17.4 Å². The van der Waals surface area contributed by atoms with Crippen molar-refractivity contribution in [3.8, 4) is 0 Å². The number of aliphatic hydroxyl groups excluding tert-OH is 3. The third-order valence-electron chi connectivity index (χ3n) is 6.50. The van der Waals surface area contributed by atoms with Crippen LogP contribution in [0.15, 0.2) is 73.3 Å². The molecule has 1 aliphatic rings. The molecule has 1 saturated heterocycles. The molecule has 0 radical (unpaired) electrons. The number of imidazole rings is 1. The molecule has 13 nitrogen and oxygen atoms in total. The summed E-state index contributed by atoms with van der Waals surface area (Å²) < 4.78 is 12.3. The first-order valence-corrected chi connectivity index (χ1v) is 12.6. The van der Waals surface area contributed by atoms with E-state index in [9.17, 15) is 24.9 Å². The average molecular weight is 549 g/mol. The van der Waals surface area contributed by atoms with Gasteiger partial charge in [-0.3, -0.25) is 9.36 Å². The number of hydrogen-bond acceptors (Lipinski definition) is 10. The van der Waals surface area contributed by atoms with Gasteiger partial charge >= 0.3 is 6.09 Å². The predicted molar refractivity (Wildman–Crippen MR) is 141 cm³/mol. The summed E-state index contributed by atoms with van der Waals surface area (Å²) >= 11 is 0. The van der Waals surface area contributed by atoms with Gasteiger partial charge in [0, 0.05) is 6.42 Å². The van der Waals surface area contributed by atoms with E-state index >= 15 is 0 Å². The van der Waals surface area contributed by atoms with Gasteiger partial charge in [0.25, 0.3) is 0 Å². The van der Waals surface area contributed by atoms with Gasteiger partial charge in [0.05, 0.1) is 12.9 Å². The summed E-state index contributed by atoms with van der Waals surface area (Å²) in [5.74, 6) is -0.499. The monoisotopic (exact) mass is 548 g/mol. The number of aliphatic hydroxyl groups is 3. The molecule has 13 heteroatoms. The van der Waals surface area contributed by atoms with Crippen LogP contribution in [0.25, 0.3) is 11.2 Å². The molecule has 2 amide bonds. The summed E-state index contributed by atoms with van der Waals surface area (Å²) in [5, 5.41) is 35.3. The summed E-state index contributed by atoms with van der Waals surface area (Å²) in [6.07, 6.45) is -2.75. The number of fused-ring (bicyclic) bond motifs is 1. The van der Waals surface area contributed by atoms with E-state index in [-0.39, 0.29) is 30.0 Å². The summed E-state index contributed by atoms with van der Waals surface area (Å²) in [6.45, 7) is -0.446. The number of anilines is 1. The molecule has 1 aliphatic heterocycles. The SMILES string of the molecule is O=C(N[C@H](Cc1ccccc1)C(=O)Nc1ncnc2c1ncn2[C@@H]1O[C@@H](CO)[C@@H](O)[C@H]1O)OCc1ccccc1. The lowest BCUT2D eigenvalue weighted by Gasteiger charge is -2.19. The van der Waals surface area contributed by atoms with Crippen LogP contribution in [-0.2, 0) is 27.3 Å². The molecule has 5 rings (SSSR count). The zero-order valence-corrected chi connectivity index (χ0v) is 21.2. The molecular weight excluding hydrogens is 520 g/mol. The van der Waals surface area contributed by atoms with Crippen molar-refractivity contribution in [2.75, 3.05) is 11.9 Å². The molecule has 0 bridgehead atoms. The first kappa shape index (κ1) is 27.1. The Bertz CT molecular complexity index is 1450. The lowest BCUT2D eigenvalue weighted by Crippen LogP contribution is -2.45. The fourth-order valence-corrected chi connectivity index (χ4v) is 4.41. The molecule has 2 aromatic heterocycles. The first-order chi connectivity index (χ1) is 19.4. The van der Waals surface area contributed by atoms with Crippen LogP contribution >= 0.6 is 0 Å². The number of carbonyl (C=O) groups excluding carboxylic acids is 2. The molecule has 3 heterocycles. The van der Waals surface area contributed by atoms with E-state index in [1.165, 1.54) is 17.2 Å². The van der Waals surface area contributed by atoms with Gasteiger partial charge in [0.2, 0.25) is 5.91 Å². The number of nitrogens with one attached hydrogen (secondary N) is 2. The summed E-state index contributed by atoms with van der Waals surface area (Å²) in [4.78, 5) is 38.6. The van der Waals surface area contributed by atoms with Crippen LogP contribution in [0.3, 0.4) is 0 Å². The Labute approximate surface area is 228 Å². The zero-order valence-electron chi connectivity index (χ0n) is 21.2. The number of benzene rings is 2. The second-order valence-electron chi connectivity index (χ2n) is 9.21. The maximum atomic E-state index is 13.4. The van der Waals surface area contributed by atoms with E-state index < -0.39 is 49.2 Å². The van der Waals surface area contributed by atoms with Crippen molar-refractivity contribution in [3.05, 3.63) is 84.4 Å². The van der Waals surface area contributed by atoms with Gasteiger partial charge in [-0.1, -0.05) is 60.7 Å². The second-order valence-corrected chi connectivity index (χ2v) is 9.21. The van der Waals surface area contributed by atoms with E-state index in [1.54, 1.807) is 0 Å². The number of nitrogens with zero attached hydrogens (tertiary/aromatic N) is 4.